The van der Waals surface area contributed by atoms with Gasteiger partial charge < -0.3 is 4.52 Å². The first-order chi connectivity index (χ1) is 8.81. The summed E-state index contributed by atoms with van der Waals surface area (Å²) in [5, 5.41) is 9.96. The van der Waals surface area contributed by atoms with Gasteiger partial charge in [-0.2, -0.15) is 10.1 Å². The van der Waals surface area contributed by atoms with E-state index in [1.165, 1.54) is 6.33 Å². The normalized spacial score (nSPS) is 10.9. The molecule has 6 nitrogen and oxygen atoms in total. The molecule has 0 saturated carbocycles. The van der Waals surface area contributed by atoms with Crippen molar-refractivity contribution < 1.29 is 4.52 Å². The average molecular weight is 326 g/mol. The summed E-state index contributed by atoms with van der Waals surface area (Å²) in [5.74, 6) is 1.23. The molecule has 0 atom stereocenters. The Labute approximate surface area is 115 Å². The molecule has 0 aliphatic carbocycles. The van der Waals surface area contributed by atoms with E-state index in [0.717, 1.165) is 9.35 Å². The fourth-order valence-electron chi connectivity index (χ4n) is 1.45. The number of thiophene rings is 1. The lowest BCUT2D eigenvalue weighted by Gasteiger charge is -1.94. The third kappa shape index (κ3) is 2.49. The molecule has 0 amide bonds. The lowest BCUT2D eigenvalue weighted by atomic mass is 10.4. The van der Waals surface area contributed by atoms with Crippen LogP contribution in [0.1, 0.15) is 5.89 Å². The molecule has 0 N–H and O–H groups in total. The van der Waals surface area contributed by atoms with Gasteiger partial charge in [0.05, 0.1) is 11.4 Å². The molecule has 0 unspecified atom stereocenters. The minimum atomic E-state index is 0.602. The molecule has 0 aromatic carbocycles. The number of aryl methyl sites for hydroxylation is 2. The molecule has 0 fully saturated rings. The molecule has 3 aromatic rings. The standard InChI is InChI=1S/C10H8BrN5OS/c11-7-3-8(18-4-7)10-14-9(17-15-10)1-2-16-6-12-5-13-16/h3-6H,1-2H2. The number of halogens is 1. The van der Waals surface area contributed by atoms with Crippen molar-refractivity contribution in [2.75, 3.05) is 0 Å². The van der Waals surface area contributed by atoms with Gasteiger partial charge in [0.25, 0.3) is 0 Å². The molecule has 0 aliphatic rings. The number of nitrogens with zero attached hydrogens (tertiary/aromatic N) is 5. The van der Waals surface area contributed by atoms with Crippen molar-refractivity contribution >= 4 is 27.3 Å². The molecule has 0 radical (unpaired) electrons. The second kappa shape index (κ2) is 4.99. The van der Waals surface area contributed by atoms with Crippen LogP contribution >= 0.6 is 27.3 Å². The van der Waals surface area contributed by atoms with Gasteiger partial charge in [-0.1, -0.05) is 5.16 Å². The van der Waals surface area contributed by atoms with Gasteiger partial charge in [0.15, 0.2) is 0 Å². The van der Waals surface area contributed by atoms with Crippen LogP contribution in [0.3, 0.4) is 0 Å². The van der Waals surface area contributed by atoms with Crippen LogP contribution in [-0.2, 0) is 13.0 Å². The summed E-state index contributed by atoms with van der Waals surface area (Å²) in [4.78, 5) is 9.20. The molecule has 18 heavy (non-hydrogen) atoms. The highest BCUT2D eigenvalue weighted by Crippen LogP contribution is 2.27. The molecule has 0 aliphatic heterocycles. The summed E-state index contributed by atoms with van der Waals surface area (Å²) in [6, 6.07) is 1.97. The Balaban J connectivity index is 1.70. The van der Waals surface area contributed by atoms with Crippen molar-refractivity contribution in [2.45, 2.75) is 13.0 Å². The maximum atomic E-state index is 5.20. The van der Waals surface area contributed by atoms with Crippen LogP contribution in [0.2, 0.25) is 0 Å². The van der Waals surface area contributed by atoms with Gasteiger partial charge in [-0.15, -0.1) is 11.3 Å². The number of aromatic nitrogens is 5. The van der Waals surface area contributed by atoms with E-state index in [4.69, 9.17) is 4.52 Å². The van der Waals surface area contributed by atoms with Crippen molar-refractivity contribution in [1.82, 2.24) is 24.9 Å². The molecule has 3 aromatic heterocycles. The summed E-state index contributed by atoms with van der Waals surface area (Å²) >= 11 is 4.97. The molecule has 8 heteroatoms. The molecule has 0 saturated heterocycles. The highest BCUT2D eigenvalue weighted by atomic mass is 79.9. The second-order valence-electron chi connectivity index (χ2n) is 3.55. The first kappa shape index (κ1) is 11.5. The van der Waals surface area contributed by atoms with Gasteiger partial charge in [0.2, 0.25) is 11.7 Å². The van der Waals surface area contributed by atoms with E-state index >= 15 is 0 Å². The Hall–Kier alpha value is -1.54. The topological polar surface area (TPSA) is 69.6 Å². The van der Waals surface area contributed by atoms with E-state index in [9.17, 15) is 0 Å². The van der Waals surface area contributed by atoms with E-state index in [-0.39, 0.29) is 0 Å². The number of hydrogen-bond acceptors (Lipinski definition) is 6. The Morgan fingerprint density at radius 1 is 1.44 bits per heavy atom. The molecule has 92 valence electrons. The average Bonchev–Trinajstić information content (AvgIpc) is 3.07. The largest absolute Gasteiger partial charge is 0.339 e. The zero-order chi connectivity index (χ0) is 12.4. The molecular formula is C10H8BrN5OS. The highest BCUT2D eigenvalue weighted by molar-refractivity contribution is 9.10. The Bertz CT molecular complexity index is 632. The monoisotopic (exact) mass is 325 g/mol. The fourth-order valence-corrected chi connectivity index (χ4v) is 2.80. The van der Waals surface area contributed by atoms with Gasteiger partial charge in [0.1, 0.15) is 12.7 Å². The summed E-state index contributed by atoms with van der Waals surface area (Å²) in [6.07, 6.45) is 3.80. The van der Waals surface area contributed by atoms with Crippen molar-refractivity contribution in [3.8, 4) is 10.7 Å². The zero-order valence-corrected chi connectivity index (χ0v) is 11.6. The van der Waals surface area contributed by atoms with E-state index in [1.54, 1.807) is 22.3 Å². The van der Waals surface area contributed by atoms with Crippen molar-refractivity contribution in [3.63, 3.8) is 0 Å². The van der Waals surface area contributed by atoms with Crippen molar-refractivity contribution in [2.24, 2.45) is 0 Å². The minimum absolute atomic E-state index is 0.602. The van der Waals surface area contributed by atoms with Gasteiger partial charge >= 0.3 is 0 Å². The Morgan fingerprint density at radius 2 is 2.39 bits per heavy atom. The summed E-state index contributed by atoms with van der Waals surface area (Å²) in [5.41, 5.74) is 0. The Morgan fingerprint density at radius 3 is 3.11 bits per heavy atom. The van der Waals surface area contributed by atoms with Gasteiger partial charge in [-0.25, -0.2) is 4.98 Å². The van der Waals surface area contributed by atoms with Crippen LogP contribution in [0, 0.1) is 0 Å². The van der Waals surface area contributed by atoms with E-state index in [1.807, 2.05) is 11.4 Å². The SMILES string of the molecule is Brc1csc(-c2noc(CCn3cncn3)n2)c1. The Kier molecular flexibility index (Phi) is 3.20. The van der Waals surface area contributed by atoms with E-state index in [2.05, 4.69) is 36.2 Å². The van der Waals surface area contributed by atoms with E-state index < -0.39 is 0 Å². The smallest absolute Gasteiger partial charge is 0.228 e. The molecular weight excluding hydrogens is 318 g/mol. The number of hydrogen-bond donors (Lipinski definition) is 0. The van der Waals surface area contributed by atoms with Crippen LogP contribution in [0.15, 0.2) is 33.1 Å². The predicted molar refractivity (Wildman–Crippen MR) is 69.0 cm³/mol. The quantitative estimate of drug-likeness (QED) is 0.736. The van der Waals surface area contributed by atoms with Crippen LogP contribution in [0.4, 0.5) is 0 Å². The van der Waals surface area contributed by atoms with Gasteiger partial charge in [0, 0.05) is 16.3 Å². The van der Waals surface area contributed by atoms with E-state index in [0.29, 0.717) is 24.7 Å². The molecule has 3 rings (SSSR count). The molecule has 0 spiro atoms. The summed E-state index contributed by atoms with van der Waals surface area (Å²) in [7, 11) is 0. The maximum absolute atomic E-state index is 5.20. The predicted octanol–water partition coefficient (Wildman–Crippen LogP) is 2.39. The summed E-state index contributed by atoms with van der Waals surface area (Å²) in [6.45, 7) is 0.676. The highest BCUT2D eigenvalue weighted by Gasteiger charge is 2.10. The minimum Gasteiger partial charge on any atom is -0.339 e. The van der Waals surface area contributed by atoms with Crippen LogP contribution in [0.5, 0.6) is 0 Å². The lowest BCUT2D eigenvalue weighted by molar-refractivity contribution is 0.369. The fraction of sp³-hybridized carbons (Fsp3) is 0.200. The first-order valence-corrected chi connectivity index (χ1v) is 6.88. The molecule has 0 bridgehead atoms. The second-order valence-corrected chi connectivity index (χ2v) is 5.38. The van der Waals surface area contributed by atoms with Crippen LogP contribution < -0.4 is 0 Å². The van der Waals surface area contributed by atoms with Crippen LogP contribution in [0.25, 0.3) is 10.7 Å². The zero-order valence-electron chi connectivity index (χ0n) is 9.15. The first-order valence-electron chi connectivity index (χ1n) is 5.20. The van der Waals surface area contributed by atoms with Crippen molar-refractivity contribution in [1.29, 1.82) is 0 Å². The van der Waals surface area contributed by atoms with Gasteiger partial charge in [-0.3, -0.25) is 4.68 Å². The maximum Gasteiger partial charge on any atom is 0.228 e. The van der Waals surface area contributed by atoms with Gasteiger partial charge in [-0.05, 0) is 22.0 Å². The third-order valence-electron chi connectivity index (χ3n) is 2.28. The van der Waals surface area contributed by atoms with Crippen LogP contribution in [-0.4, -0.2) is 24.9 Å². The third-order valence-corrected chi connectivity index (χ3v) is 3.96. The number of rotatable bonds is 4. The van der Waals surface area contributed by atoms with Crippen molar-refractivity contribution in [3.05, 3.63) is 34.5 Å². The lowest BCUT2D eigenvalue weighted by Crippen LogP contribution is -2.01. The molecule has 3 heterocycles. The summed E-state index contributed by atoms with van der Waals surface area (Å²) < 4.78 is 7.95.